The van der Waals surface area contributed by atoms with Gasteiger partial charge in [0.1, 0.15) is 5.82 Å². The first-order valence-corrected chi connectivity index (χ1v) is 6.93. The van der Waals surface area contributed by atoms with E-state index in [9.17, 15) is 4.39 Å². The number of hydrogen-bond acceptors (Lipinski definition) is 2. The van der Waals surface area contributed by atoms with Gasteiger partial charge in [-0.05, 0) is 57.7 Å². The van der Waals surface area contributed by atoms with Gasteiger partial charge in [-0.3, -0.25) is 11.3 Å². The molecule has 19 heavy (non-hydrogen) atoms. The number of benzene rings is 2. The van der Waals surface area contributed by atoms with E-state index < -0.39 is 0 Å². The van der Waals surface area contributed by atoms with Gasteiger partial charge in [-0.1, -0.05) is 29.8 Å². The Hall–Kier alpha value is -0.940. The van der Waals surface area contributed by atoms with Gasteiger partial charge in [-0.25, -0.2) is 4.39 Å². The van der Waals surface area contributed by atoms with Gasteiger partial charge in [0.15, 0.2) is 0 Å². The van der Waals surface area contributed by atoms with Crippen LogP contribution in [0.2, 0.25) is 5.02 Å². The van der Waals surface area contributed by atoms with Crippen molar-refractivity contribution in [2.75, 3.05) is 0 Å². The zero-order valence-electron chi connectivity index (χ0n) is 10.0. The molecular weight excluding hydrogens is 331 g/mol. The minimum Gasteiger partial charge on any atom is -0.271 e. The summed E-state index contributed by atoms with van der Waals surface area (Å²) in [6.45, 7) is 0. The Balaban J connectivity index is 2.22. The number of halogens is 3. The standard InChI is InChI=1S/C14H13BrClFN2/c15-12-5-4-10(8-13(12)16)14(19-18)7-9-2-1-3-11(17)6-9/h1-6,8,14,19H,7,18H2. The molecule has 0 aromatic heterocycles. The molecule has 0 aliphatic rings. The van der Waals surface area contributed by atoms with Crippen LogP contribution >= 0.6 is 27.5 Å². The highest BCUT2D eigenvalue weighted by Crippen LogP contribution is 2.27. The van der Waals surface area contributed by atoms with Crippen molar-refractivity contribution < 1.29 is 4.39 Å². The van der Waals surface area contributed by atoms with Crippen molar-refractivity contribution in [3.8, 4) is 0 Å². The minimum absolute atomic E-state index is 0.118. The molecule has 0 aliphatic carbocycles. The van der Waals surface area contributed by atoms with Crippen LogP contribution in [-0.4, -0.2) is 0 Å². The Kier molecular flexibility index (Phi) is 4.93. The lowest BCUT2D eigenvalue weighted by atomic mass is 9.99. The quantitative estimate of drug-likeness (QED) is 0.651. The van der Waals surface area contributed by atoms with Gasteiger partial charge in [0.05, 0.1) is 11.1 Å². The van der Waals surface area contributed by atoms with E-state index in [-0.39, 0.29) is 11.9 Å². The van der Waals surface area contributed by atoms with E-state index in [0.29, 0.717) is 11.4 Å². The van der Waals surface area contributed by atoms with Gasteiger partial charge >= 0.3 is 0 Å². The fraction of sp³-hybridized carbons (Fsp3) is 0.143. The highest BCUT2D eigenvalue weighted by atomic mass is 79.9. The third kappa shape index (κ3) is 3.76. The maximum absolute atomic E-state index is 13.2. The molecule has 0 aliphatic heterocycles. The van der Waals surface area contributed by atoms with Crippen LogP contribution in [0.3, 0.4) is 0 Å². The Bertz CT molecular complexity index is 577. The molecule has 2 aromatic carbocycles. The summed E-state index contributed by atoms with van der Waals surface area (Å²) in [5, 5.41) is 0.622. The smallest absolute Gasteiger partial charge is 0.123 e. The first kappa shape index (κ1) is 14.5. The van der Waals surface area contributed by atoms with Gasteiger partial charge in [0.2, 0.25) is 0 Å². The van der Waals surface area contributed by atoms with Gasteiger partial charge in [0, 0.05) is 4.47 Å². The van der Waals surface area contributed by atoms with E-state index in [2.05, 4.69) is 21.4 Å². The number of hydrogen-bond donors (Lipinski definition) is 2. The molecule has 0 bridgehead atoms. The van der Waals surface area contributed by atoms with Crippen molar-refractivity contribution in [2.24, 2.45) is 5.84 Å². The average molecular weight is 344 g/mol. The van der Waals surface area contributed by atoms with Crippen LogP contribution < -0.4 is 11.3 Å². The number of hydrazine groups is 1. The van der Waals surface area contributed by atoms with Crippen LogP contribution in [0.15, 0.2) is 46.9 Å². The SMILES string of the molecule is NNC(Cc1cccc(F)c1)c1ccc(Br)c(Cl)c1. The lowest BCUT2D eigenvalue weighted by Crippen LogP contribution is -2.29. The fourth-order valence-electron chi connectivity index (χ4n) is 1.90. The predicted octanol–water partition coefficient (Wildman–Crippen LogP) is 3.99. The van der Waals surface area contributed by atoms with Crippen molar-refractivity contribution in [1.29, 1.82) is 0 Å². The van der Waals surface area contributed by atoms with E-state index in [1.165, 1.54) is 12.1 Å². The second kappa shape index (κ2) is 6.48. The zero-order valence-corrected chi connectivity index (χ0v) is 12.4. The maximum atomic E-state index is 13.2. The van der Waals surface area contributed by atoms with Crippen molar-refractivity contribution in [3.63, 3.8) is 0 Å². The van der Waals surface area contributed by atoms with Crippen molar-refractivity contribution in [1.82, 2.24) is 5.43 Å². The van der Waals surface area contributed by atoms with Crippen LogP contribution in [-0.2, 0) is 6.42 Å². The summed E-state index contributed by atoms with van der Waals surface area (Å²) in [6, 6.07) is 12.0. The molecule has 2 aromatic rings. The van der Waals surface area contributed by atoms with Gasteiger partial charge < -0.3 is 0 Å². The molecule has 0 heterocycles. The van der Waals surface area contributed by atoms with E-state index in [1.54, 1.807) is 6.07 Å². The van der Waals surface area contributed by atoms with E-state index in [0.717, 1.165) is 15.6 Å². The lowest BCUT2D eigenvalue weighted by molar-refractivity contribution is 0.548. The van der Waals surface area contributed by atoms with Crippen LogP contribution in [0.1, 0.15) is 17.2 Å². The highest BCUT2D eigenvalue weighted by molar-refractivity contribution is 9.10. The summed E-state index contributed by atoms with van der Waals surface area (Å²) in [5.74, 6) is 5.33. The van der Waals surface area contributed by atoms with Crippen LogP contribution in [0.4, 0.5) is 4.39 Å². The maximum Gasteiger partial charge on any atom is 0.123 e. The normalized spacial score (nSPS) is 12.4. The second-order valence-electron chi connectivity index (χ2n) is 4.23. The summed E-state index contributed by atoms with van der Waals surface area (Å²) in [7, 11) is 0. The topological polar surface area (TPSA) is 38.0 Å². The van der Waals surface area contributed by atoms with Gasteiger partial charge in [0.25, 0.3) is 0 Å². The van der Waals surface area contributed by atoms with E-state index in [1.807, 2.05) is 24.3 Å². The van der Waals surface area contributed by atoms with E-state index >= 15 is 0 Å². The zero-order chi connectivity index (χ0) is 13.8. The molecule has 100 valence electrons. The Morgan fingerprint density at radius 1 is 1.26 bits per heavy atom. The van der Waals surface area contributed by atoms with Crippen LogP contribution in [0.5, 0.6) is 0 Å². The summed E-state index contributed by atoms with van der Waals surface area (Å²) in [5.41, 5.74) is 4.57. The van der Waals surface area contributed by atoms with Crippen molar-refractivity contribution in [3.05, 3.63) is 68.9 Å². The van der Waals surface area contributed by atoms with Crippen molar-refractivity contribution in [2.45, 2.75) is 12.5 Å². The predicted molar refractivity (Wildman–Crippen MR) is 79.3 cm³/mol. The fourth-order valence-corrected chi connectivity index (χ4v) is 2.34. The summed E-state index contributed by atoms with van der Waals surface area (Å²) in [6.07, 6.45) is 0.590. The number of nitrogens with one attached hydrogen (secondary N) is 1. The summed E-state index contributed by atoms with van der Waals surface area (Å²) in [4.78, 5) is 0. The molecule has 3 N–H and O–H groups in total. The molecule has 0 radical (unpaired) electrons. The van der Waals surface area contributed by atoms with E-state index in [4.69, 9.17) is 17.4 Å². The minimum atomic E-state index is -0.248. The molecule has 2 nitrogen and oxygen atoms in total. The first-order valence-electron chi connectivity index (χ1n) is 5.75. The lowest BCUT2D eigenvalue weighted by Gasteiger charge is -2.17. The largest absolute Gasteiger partial charge is 0.271 e. The Labute approximate surface area is 124 Å². The molecule has 2 rings (SSSR count). The molecule has 1 unspecified atom stereocenters. The molecule has 0 saturated carbocycles. The van der Waals surface area contributed by atoms with Crippen LogP contribution in [0.25, 0.3) is 0 Å². The first-order chi connectivity index (χ1) is 9.10. The monoisotopic (exact) mass is 342 g/mol. The molecule has 0 amide bonds. The molecule has 0 fully saturated rings. The van der Waals surface area contributed by atoms with Gasteiger partial charge in [-0.15, -0.1) is 0 Å². The average Bonchev–Trinajstić information content (AvgIpc) is 2.39. The molecular formula is C14H13BrClFN2. The third-order valence-electron chi connectivity index (χ3n) is 2.88. The van der Waals surface area contributed by atoms with Crippen LogP contribution in [0, 0.1) is 5.82 Å². The van der Waals surface area contributed by atoms with Crippen molar-refractivity contribution >= 4 is 27.5 Å². The molecule has 5 heteroatoms. The number of rotatable bonds is 4. The molecule has 0 saturated heterocycles. The highest BCUT2D eigenvalue weighted by Gasteiger charge is 2.12. The summed E-state index contributed by atoms with van der Waals surface area (Å²) >= 11 is 9.41. The Morgan fingerprint density at radius 2 is 2.05 bits per heavy atom. The second-order valence-corrected chi connectivity index (χ2v) is 5.49. The third-order valence-corrected chi connectivity index (χ3v) is 4.11. The molecule has 0 spiro atoms. The Morgan fingerprint density at radius 3 is 2.68 bits per heavy atom. The van der Waals surface area contributed by atoms with Gasteiger partial charge in [-0.2, -0.15) is 0 Å². The summed E-state index contributed by atoms with van der Waals surface area (Å²) < 4.78 is 14.0. The number of nitrogens with two attached hydrogens (primary N) is 1. The molecule has 1 atom stereocenters.